The third kappa shape index (κ3) is 3.15. The molecule has 2 aromatic carbocycles. The second-order valence-corrected chi connectivity index (χ2v) is 6.35. The largest absolute Gasteiger partial charge is 0.491 e. The molecule has 0 fully saturated rings. The van der Waals surface area contributed by atoms with Crippen molar-refractivity contribution in [2.24, 2.45) is 0 Å². The van der Waals surface area contributed by atoms with E-state index in [2.05, 4.69) is 4.98 Å². The number of hydrogen-bond donors (Lipinski definition) is 1. The second kappa shape index (κ2) is 7.17. The van der Waals surface area contributed by atoms with E-state index >= 15 is 0 Å². The number of hydrogen-bond acceptors (Lipinski definition) is 4. The molecular formula is C20H21N3O3. The molecule has 3 aromatic rings. The van der Waals surface area contributed by atoms with Crippen LogP contribution < -0.4 is 4.74 Å². The molecule has 134 valence electrons. The molecule has 0 aliphatic carbocycles. The molecule has 1 N–H and O–H groups in total. The Morgan fingerprint density at radius 1 is 1.15 bits per heavy atom. The van der Waals surface area contributed by atoms with Crippen LogP contribution in [-0.4, -0.2) is 38.6 Å². The van der Waals surface area contributed by atoms with Crippen molar-refractivity contribution in [3.05, 3.63) is 59.9 Å². The van der Waals surface area contributed by atoms with Crippen LogP contribution in [0, 0.1) is 0 Å². The molecule has 1 aliphatic rings. The molecule has 1 amide bonds. The van der Waals surface area contributed by atoms with Crippen LogP contribution in [-0.2, 0) is 24.5 Å². The average molecular weight is 351 g/mol. The molecule has 1 aliphatic heterocycles. The lowest BCUT2D eigenvalue weighted by atomic mass is 10.2. The van der Waals surface area contributed by atoms with E-state index in [-0.39, 0.29) is 12.5 Å². The Labute approximate surface area is 151 Å². The number of carbonyl (C=O) groups excluding carboxylic acids is 1. The third-order valence-electron chi connectivity index (χ3n) is 4.73. The number of ether oxygens (including phenoxy) is 1. The van der Waals surface area contributed by atoms with E-state index in [1.165, 1.54) is 0 Å². The first-order valence-corrected chi connectivity index (χ1v) is 8.80. The number of imidazole rings is 1. The maximum Gasteiger partial charge on any atom is 0.224 e. The molecule has 6 nitrogen and oxygen atoms in total. The van der Waals surface area contributed by atoms with Crippen molar-refractivity contribution in [3.63, 3.8) is 0 Å². The van der Waals surface area contributed by atoms with E-state index in [0.29, 0.717) is 38.5 Å². The van der Waals surface area contributed by atoms with Gasteiger partial charge in [-0.15, -0.1) is 0 Å². The van der Waals surface area contributed by atoms with Gasteiger partial charge in [0.2, 0.25) is 5.91 Å². The van der Waals surface area contributed by atoms with Crippen LogP contribution in [0.2, 0.25) is 0 Å². The predicted molar refractivity (Wildman–Crippen MR) is 97.6 cm³/mol. The van der Waals surface area contributed by atoms with Crippen LogP contribution in [0.5, 0.6) is 5.75 Å². The van der Waals surface area contributed by atoms with Gasteiger partial charge in [0.05, 0.1) is 17.6 Å². The van der Waals surface area contributed by atoms with Crippen molar-refractivity contribution >= 4 is 16.9 Å². The monoisotopic (exact) mass is 351 g/mol. The number of benzene rings is 2. The van der Waals surface area contributed by atoms with Crippen LogP contribution in [0.25, 0.3) is 11.0 Å². The molecular weight excluding hydrogens is 330 g/mol. The summed E-state index contributed by atoms with van der Waals surface area (Å²) in [5.74, 6) is 1.52. The number of para-hydroxylation sites is 3. The second-order valence-electron chi connectivity index (χ2n) is 6.35. The van der Waals surface area contributed by atoms with Crippen LogP contribution in [0.3, 0.4) is 0 Å². The van der Waals surface area contributed by atoms with Gasteiger partial charge in [-0.2, -0.15) is 0 Å². The summed E-state index contributed by atoms with van der Waals surface area (Å²) in [6.45, 7) is 1.98. The fraction of sp³-hybridized carbons (Fsp3) is 0.300. The van der Waals surface area contributed by atoms with Crippen molar-refractivity contribution < 1.29 is 14.6 Å². The summed E-state index contributed by atoms with van der Waals surface area (Å²) in [5.41, 5.74) is 2.80. The Morgan fingerprint density at radius 3 is 2.85 bits per heavy atom. The van der Waals surface area contributed by atoms with Crippen LogP contribution >= 0.6 is 0 Å². The van der Waals surface area contributed by atoms with E-state index in [1.54, 1.807) is 0 Å². The van der Waals surface area contributed by atoms with Crippen molar-refractivity contribution in [2.75, 3.05) is 13.2 Å². The summed E-state index contributed by atoms with van der Waals surface area (Å²) in [6, 6.07) is 15.6. The summed E-state index contributed by atoms with van der Waals surface area (Å²) < 4.78 is 7.66. The van der Waals surface area contributed by atoms with Crippen molar-refractivity contribution in [2.45, 2.75) is 26.1 Å². The van der Waals surface area contributed by atoms with Gasteiger partial charge >= 0.3 is 0 Å². The minimum absolute atomic E-state index is 0.0759. The highest BCUT2D eigenvalue weighted by atomic mass is 16.5. The smallest absolute Gasteiger partial charge is 0.224 e. The Morgan fingerprint density at radius 2 is 1.96 bits per heavy atom. The van der Waals surface area contributed by atoms with E-state index in [4.69, 9.17) is 4.74 Å². The zero-order valence-corrected chi connectivity index (χ0v) is 14.5. The van der Waals surface area contributed by atoms with Crippen molar-refractivity contribution in [1.29, 1.82) is 0 Å². The van der Waals surface area contributed by atoms with Gasteiger partial charge < -0.3 is 19.3 Å². The Balaban J connectivity index is 1.49. The number of aryl methyl sites for hydroxylation is 1. The first-order chi connectivity index (χ1) is 12.8. The zero-order valence-electron chi connectivity index (χ0n) is 14.5. The van der Waals surface area contributed by atoms with Gasteiger partial charge in [0, 0.05) is 25.1 Å². The molecule has 26 heavy (non-hydrogen) atoms. The van der Waals surface area contributed by atoms with E-state index in [0.717, 1.165) is 22.3 Å². The predicted octanol–water partition coefficient (Wildman–Crippen LogP) is 2.34. The van der Waals surface area contributed by atoms with E-state index in [9.17, 15) is 9.90 Å². The fourth-order valence-corrected chi connectivity index (χ4v) is 3.40. The number of aromatic nitrogens is 2. The summed E-state index contributed by atoms with van der Waals surface area (Å²) >= 11 is 0. The molecule has 0 unspecified atom stereocenters. The lowest BCUT2D eigenvalue weighted by Crippen LogP contribution is -2.33. The molecule has 4 rings (SSSR count). The normalized spacial score (nSPS) is 14.0. The number of amides is 1. The van der Waals surface area contributed by atoms with Gasteiger partial charge in [-0.05, 0) is 18.2 Å². The first kappa shape index (κ1) is 16.6. The number of aliphatic hydroxyl groups excluding tert-OH is 1. The quantitative estimate of drug-likeness (QED) is 0.783. The summed E-state index contributed by atoms with van der Waals surface area (Å²) in [7, 11) is 0. The number of fused-ring (bicyclic) bond motifs is 2. The van der Waals surface area contributed by atoms with E-state index < -0.39 is 0 Å². The highest BCUT2D eigenvalue weighted by Crippen LogP contribution is 2.23. The number of rotatable bonds is 4. The maximum absolute atomic E-state index is 12.8. The molecule has 0 bridgehead atoms. The van der Waals surface area contributed by atoms with Gasteiger partial charge in [0.15, 0.2) is 0 Å². The Kier molecular flexibility index (Phi) is 4.58. The lowest BCUT2D eigenvalue weighted by molar-refractivity contribution is -0.132. The first-order valence-electron chi connectivity index (χ1n) is 8.80. The fourth-order valence-electron chi connectivity index (χ4n) is 3.40. The molecule has 0 saturated carbocycles. The van der Waals surface area contributed by atoms with Gasteiger partial charge in [0.25, 0.3) is 0 Å². The Hall–Kier alpha value is -2.86. The third-order valence-corrected chi connectivity index (χ3v) is 4.73. The Bertz CT molecular complexity index is 935. The van der Waals surface area contributed by atoms with Gasteiger partial charge in [-0.1, -0.05) is 30.3 Å². The molecule has 2 heterocycles. The SMILES string of the molecule is O=C(CCn1c(CO)nc2ccccc21)N1CCOc2ccccc2C1. The highest BCUT2D eigenvalue weighted by Gasteiger charge is 2.20. The van der Waals surface area contributed by atoms with Gasteiger partial charge in [-0.3, -0.25) is 4.79 Å². The standard InChI is InChI=1S/C20H21N3O3/c24-14-19-21-16-6-2-3-7-17(16)23(19)10-9-20(25)22-11-12-26-18-8-4-1-5-15(18)13-22/h1-8,24H,9-14H2. The summed E-state index contributed by atoms with van der Waals surface area (Å²) in [4.78, 5) is 19.0. The van der Waals surface area contributed by atoms with E-state index in [1.807, 2.05) is 58.0 Å². The molecule has 0 atom stereocenters. The molecule has 1 aromatic heterocycles. The highest BCUT2D eigenvalue weighted by molar-refractivity contribution is 5.78. The zero-order chi connectivity index (χ0) is 17.9. The topological polar surface area (TPSA) is 67.6 Å². The lowest BCUT2D eigenvalue weighted by Gasteiger charge is -2.20. The number of carbonyl (C=O) groups is 1. The number of aliphatic hydroxyl groups is 1. The molecule has 6 heteroatoms. The minimum atomic E-state index is -0.145. The molecule has 0 saturated heterocycles. The number of nitrogens with zero attached hydrogens (tertiary/aromatic N) is 3. The molecule has 0 radical (unpaired) electrons. The van der Waals surface area contributed by atoms with Gasteiger partial charge in [-0.25, -0.2) is 4.98 Å². The van der Waals surface area contributed by atoms with Crippen LogP contribution in [0.1, 0.15) is 17.8 Å². The molecule has 0 spiro atoms. The van der Waals surface area contributed by atoms with Gasteiger partial charge in [0.1, 0.15) is 24.8 Å². The summed E-state index contributed by atoms with van der Waals surface area (Å²) in [6.07, 6.45) is 0.357. The maximum atomic E-state index is 12.8. The van der Waals surface area contributed by atoms with Crippen LogP contribution in [0.4, 0.5) is 0 Å². The van der Waals surface area contributed by atoms with Crippen molar-refractivity contribution in [3.8, 4) is 5.75 Å². The van der Waals surface area contributed by atoms with Crippen LogP contribution in [0.15, 0.2) is 48.5 Å². The van der Waals surface area contributed by atoms with Crippen molar-refractivity contribution in [1.82, 2.24) is 14.5 Å². The summed E-state index contributed by atoms with van der Waals surface area (Å²) in [5, 5.41) is 9.58. The minimum Gasteiger partial charge on any atom is -0.491 e. The average Bonchev–Trinajstić information content (AvgIpc) is 2.88.